The molecule has 0 aliphatic carbocycles. The zero-order valence-corrected chi connectivity index (χ0v) is 16.3. The number of carbonyl (C=O) groups is 1. The zero-order valence-electron chi connectivity index (χ0n) is 14.7. The molecule has 1 N–H and O–H groups in total. The molecule has 0 saturated heterocycles. The number of fused-ring (bicyclic) bond motifs is 1. The van der Waals surface area contributed by atoms with Crippen molar-refractivity contribution in [3.63, 3.8) is 0 Å². The fraction of sp³-hybridized carbons (Fsp3) is 0.222. The number of carbonyl (C=O) groups excluding carboxylic acids is 1. The molecule has 0 bridgehead atoms. The molecule has 7 nitrogen and oxygen atoms in total. The fourth-order valence-corrected chi connectivity index (χ4v) is 3.54. The van der Waals surface area contributed by atoms with E-state index in [4.69, 9.17) is 16.3 Å². The second-order valence-electron chi connectivity index (χ2n) is 5.50. The molecule has 2 heterocycles. The Bertz CT molecular complexity index is 1050. The topological polar surface area (TPSA) is 86.1 Å². The van der Waals surface area contributed by atoms with Crippen molar-refractivity contribution < 1.29 is 9.53 Å². The van der Waals surface area contributed by atoms with E-state index in [1.807, 2.05) is 6.92 Å². The van der Waals surface area contributed by atoms with Gasteiger partial charge in [0.15, 0.2) is 10.8 Å². The van der Waals surface area contributed by atoms with Crippen LogP contribution in [-0.4, -0.2) is 33.3 Å². The Hall–Kier alpha value is -2.58. The van der Waals surface area contributed by atoms with Crippen molar-refractivity contribution in [1.82, 2.24) is 14.5 Å². The predicted octanol–water partition coefficient (Wildman–Crippen LogP) is 3.20. The minimum atomic E-state index is -0.265. The molecule has 0 spiro atoms. The van der Waals surface area contributed by atoms with E-state index in [1.165, 1.54) is 23.4 Å². The van der Waals surface area contributed by atoms with Crippen molar-refractivity contribution >= 4 is 46.0 Å². The summed E-state index contributed by atoms with van der Waals surface area (Å²) < 4.78 is 6.75. The number of benzene rings is 1. The number of hydrogen-bond donors (Lipinski definition) is 1. The smallest absolute Gasteiger partial charge is 0.263 e. The van der Waals surface area contributed by atoms with Crippen LogP contribution in [0.1, 0.15) is 6.92 Å². The maximum absolute atomic E-state index is 12.6. The highest BCUT2D eigenvalue weighted by Gasteiger charge is 2.14. The summed E-state index contributed by atoms with van der Waals surface area (Å²) in [6.07, 6.45) is 1.58. The SMILES string of the molecule is CCn1c(SCC(=O)Nc2cc(Cl)ccc2OC)nc2ncccc2c1=O. The standard InChI is InChI=1S/C18H17ClN4O3S/c1-3-23-17(25)12-5-4-8-20-16(12)22-18(23)27-10-15(24)21-13-9-11(19)6-7-14(13)26-2/h4-9H,3,10H2,1-2H3,(H,21,24). The molecule has 3 aromatic rings. The second kappa shape index (κ2) is 8.41. The first-order valence-electron chi connectivity index (χ1n) is 8.15. The van der Waals surface area contributed by atoms with Gasteiger partial charge in [0.1, 0.15) is 5.75 Å². The molecule has 0 fully saturated rings. The normalized spacial score (nSPS) is 10.8. The first-order chi connectivity index (χ1) is 13.0. The van der Waals surface area contributed by atoms with Gasteiger partial charge in [-0.1, -0.05) is 23.4 Å². The van der Waals surface area contributed by atoms with Crippen molar-refractivity contribution in [2.75, 3.05) is 18.2 Å². The molecule has 0 aliphatic rings. The number of hydrogen-bond acceptors (Lipinski definition) is 6. The van der Waals surface area contributed by atoms with E-state index in [-0.39, 0.29) is 17.2 Å². The molecule has 0 radical (unpaired) electrons. The van der Waals surface area contributed by atoms with Crippen LogP contribution >= 0.6 is 23.4 Å². The minimum Gasteiger partial charge on any atom is -0.495 e. The first kappa shape index (κ1) is 19.2. The Morgan fingerprint density at radius 3 is 2.93 bits per heavy atom. The number of nitrogens with one attached hydrogen (secondary N) is 1. The van der Waals surface area contributed by atoms with Crippen LogP contribution in [0, 0.1) is 0 Å². The number of methoxy groups -OCH3 is 1. The van der Waals surface area contributed by atoms with Gasteiger partial charge in [-0.05, 0) is 37.3 Å². The molecule has 0 saturated carbocycles. The summed E-state index contributed by atoms with van der Waals surface area (Å²) in [4.78, 5) is 33.5. The van der Waals surface area contributed by atoms with Crippen LogP contribution in [0.2, 0.25) is 5.02 Å². The number of anilines is 1. The largest absolute Gasteiger partial charge is 0.495 e. The lowest BCUT2D eigenvalue weighted by atomic mass is 10.3. The predicted molar refractivity (Wildman–Crippen MR) is 107 cm³/mol. The number of rotatable bonds is 6. The van der Waals surface area contributed by atoms with E-state index in [0.29, 0.717) is 39.2 Å². The van der Waals surface area contributed by atoms with Gasteiger partial charge in [0.2, 0.25) is 5.91 Å². The zero-order chi connectivity index (χ0) is 19.4. The number of pyridine rings is 1. The third-order valence-electron chi connectivity index (χ3n) is 3.78. The van der Waals surface area contributed by atoms with Gasteiger partial charge in [-0.3, -0.25) is 14.2 Å². The van der Waals surface area contributed by atoms with Crippen LogP contribution in [0.15, 0.2) is 46.5 Å². The minimum absolute atomic E-state index is 0.0699. The number of nitrogens with zero attached hydrogens (tertiary/aromatic N) is 3. The highest BCUT2D eigenvalue weighted by Crippen LogP contribution is 2.28. The van der Waals surface area contributed by atoms with Gasteiger partial charge >= 0.3 is 0 Å². The lowest BCUT2D eigenvalue weighted by molar-refractivity contribution is -0.113. The molecule has 27 heavy (non-hydrogen) atoms. The Labute approximate surface area is 164 Å². The molecule has 1 amide bonds. The van der Waals surface area contributed by atoms with E-state index in [9.17, 15) is 9.59 Å². The van der Waals surface area contributed by atoms with E-state index in [1.54, 1.807) is 36.5 Å². The second-order valence-corrected chi connectivity index (χ2v) is 6.88. The van der Waals surface area contributed by atoms with Gasteiger partial charge in [-0.2, -0.15) is 0 Å². The summed E-state index contributed by atoms with van der Waals surface area (Å²) in [7, 11) is 1.51. The molecule has 2 aromatic heterocycles. The summed E-state index contributed by atoms with van der Waals surface area (Å²) in [5.74, 6) is 0.315. The van der Waals surface area contributed by atoms with Gasteiger partial charge in [0.25, 0.3) is 5.56 Å². The molecule has 140 valence electrons. The number of thioether (sulfide) groups is 1. The fourth-order valence-electron chi connectivity index (χ4n) is 2.52. The maximum atomic E-state index is 12.6. The summed E-state index contributed by atoms with van der Waals surface area (Å²) in [6, 6.07) is 8.36. The highest BCUT2D eigenvalue weighted by molar-refractivity contribution is 7.99. The molecule has 3 rings (SSSR count). The molecule has 1 aromatic carbocycles. The molecule has 0 atom stereocenters. The number of halogens is 1. The Morgan fingerprint density at radius 2 is 2.19 bits per heavy atom. The van der Waals surface area contributed by atoms with Gasteiger partial charge in [-0.15, -0.1) is 0 Å². The number of aromatic nitrogens is 3. The van der Waals surface area contributed by atoms with Crippen molar-refractivity contribution in [2.24, 2.45) is 0 Å². The summed E-state index contributed by atoms with van der Waals surface area (Å²) in [6.45, 7) is 2.30. The van der Waals surface area contributed by atoms with Gasteiger partial charge in [0.05, 0.1) is 23.9 Å². The number of amides is 1. The monoisotopic (exact) mass is 404 g/mol. The van der Waals surface area contributed by atoms with E-state index < -0.39 is 0 Å². The van der Waals surface area contributed by atoms with E-state index >= 15 is 0 Å². The Morgan fingerprint density at radius 1 is 1.37 bits per heavy atom. The van der Waals surface area contributed by atoms with E-state index in [0.717, 1.165) is 0 Å². The summed E-state index contributed by atoms with van der Waals surface area (Å²) in [5, 5.41) is 4.15. The summed E-state index contributed by atoms with van der Waals surface area (Å²) in [5.41, 5.74) is 0.679. The molecular formula is C18H17ClN4O3S. The first-order valence-corrected chi connectivity index (χ1v) is 9.51. The Balaban J connectivity index is 1.80. The van der Waals surface area contributed by atoms with Crippen molar-refractivity contribution in [3.8, 4) is 5.75 Å². The van der Waals surface area contributed by atoms with Gasteiger partial charge in [-0.25, -0.2) is 9.97 Å². The van der Waals surface area contributed by atoms with Crippen LogP contribution in [0.3, 0.4) is 0 Å². The van der Waals surface area contributed by atoms with Gasteiger partial charge < -0.3 is 10.1 Å². The van der Waals surface area contributed by atoms with Gasteiger partial charge in [0, 0.05) is 17.8 Å². The van der Waals surface area contributed by atoms with Crippen LogP contribution in [0.5, 0.6) is 5.75 Å². The average Bonchev–Trinajstić information content (AvgIpc) is 2.67. The average molecular weight is 405 g/mol. The van der Waals surface area contributed by atoms with E-state index in [2.05, 4.69) is 15.3 Å². The highest BCUT2D eigenvalue weighted by atomic mass is 35.5. The van der Waals surface area contributed by atoms with Crippen molar-refractivity contribution in [3.05, 3.63) is 51.9 Å². The van der Waals surface area contributed by atoms with Crippen LogP contribution in [0.4, 0.5) is 5.69 Å². The van der Waals surface area contributed by atoms with Crippen LogP contribution < -0.4 is 15.6 Å². The maximum Gasteiger partial charge on any atom is 0.263 e. The lowest BCUT2D eigenvalue weighted by Crippen LogP contribution is -2.23. The molecule has 0 aliphatic heterocycles. The third-order valence-corrected chi connectivity index (χ3v) is 4.99. The number of ether oxygens (including phenoxy) is 1. The van der Waals surface area contributed by atoms with Crippen molar-refractivity contribution in [1.29, 1.82) is 0 Å². The molecular weight excluding hydrogens is 388 g/mol. The molecule has 9 heteroatoms. The Kier molecular flexibility index (Phi) is 5.98. The molecule has 0 unspecified atom stereocenters. The van der Waals surface area contributed by atoms with Crippen LogP contribution in [0.25, 0.3) is 11.0 Å². The van der Waals surface area contributed by atoms with Crippen molar-refractivity contribution in [2.45, 2.75) is 18.6 Å². The third kappa shape index (κ3) is 4.23. The lowest BCUT2D eigenvalue weighted by Gasteiger charge is -2.12. The van der Waals surface area contributed by atoms with Crippen LogP contribution in [-0.2, 0) is 11.3 Å². The quantitative estimate of drug-likeness (QED) is 0.501. The summed E-state index contributed by atoms with van der Waals surface area (Å²) >= 11 is 7.15.